The van der Waals surface area contributed by atoms with Gasteiger partial charge in [-0.1, -0.05) is 18.5 Å². The fourth-order valence-corrected chi connectivity index (χ4v) is 0.985. The minimum absolute atomic E-state index is 0.151. The molecule has 0 fully saturated rings. The molecule has 0 aliphatic rings. The van der Waals surface area contributed by atoms with E-state index in [1.165, 1.54) is 6.20 Å². The van der Waals surface area contributed by atoms with Crippen LogP contribution in [0.5, 0.6) is 0 Å². The summed E-state index contributed by atoms with van der Waals surface area (Å²) < 4.78 is 0. The number of carbonyl (C=O) groups is 1. The molecule has 4 nitrogen and oxygen atoms in total. The molecule has 3 N–H and O–H groups in total. The summed E-state index contributed by atoms with van der Waals surface area (Å²) in [6.07, 6.45) is 3.06. The van der Waals surface area contributed by atoms with Gasteiger partial charge in [-0.05, 0) is 6.07 Å². The monoisotopic (exact) mass is 213 g/mol. The Morgan fingerprint density at radius 2 is 2.50 bits per heavy atom. The van der Waals surface area contributed by atoms with Gasteiger partial charge in [0.15, 0.2) is 0 Å². The minimum atomic E-state index is -0.230. The fourth-order valence-electron chi connectivity index (χ4n) is 0.832. The number of rotatable bonds is 3. The molecule has 0 saturated heterocycles. The van der Waals surface area contributed by atoms with Gasteiger partial charge in [-0.2, -0.15) is 0 Å². The van der Waals surface area contributed by atoms with Crippen molar-refractivity contribution in [2.24, 2.45) is 11.7 Å². The topological polar surface area (TPSA) is 68.0 Å². The van der Waals surface area contributed by atoms with Gasteiger partial charge in [0.2, 0.25) is 5.91 Å². The van der Waals surface area contributed by atoms with E-state index in [0.717, 1.165) is 0 Å². The average Bonchev–Trinajstić information content (AvgIpc) is 2.20. The molecule has 1 heterocycles. The number of carbonyl (C=O) groups excluding carboxylic acids is 1. The second-order valence-corrected chi connectivity index (χ2v) is 3.39. The van der Waals surface area contributed by atoms with Crippen molar-refractivity contribution in [1.82, 2.24) is 4.98 Å². The fraction of sp³-hybridized carbons (Fsp3) is 0.333. The summed E-state index contributed by atoms with van der Waals surface area (Å²) in [6, 6.07) is 1.62. The number of nitrogens with zero attached hydrogens (tertiary/aromatic N) is 1. The van der Waals surface area contributed by atoms with Gasteiger partial charge in [0.25, 0.3) is 0 Å². The molecule has 1 aromatic rings. The third-order valence-electron chi connectivity index (χ3n) is 1.83. The van der Waals surface area contributed by atoms with Gasteiger partial charge in [-0.3, -0.25) is 9.78 Å². The number of hydrogen-bond acceptors (Lipinski definition) is 3. The molecule has 1 aromatic heterocycles. The van der Waals surface area contributed by atoms with E-state index < -0.39 is 0 Å². The van der Waals surface area contributed by atoms with Crippen LogP contribution in [-0.2, 0) is 4.79 Å². The zero-order valence-electron chi connectivity index (χ0n) is 7.83. The Bertz CT molecular complexity index is 330. The Balaban J connectivity index is 2.70. The van der Waals surface area contributed by atoms with Crippen LogP contribution in [0.4, 0.5) is 5.69 Å². The number of pyridine rings is 1. The van der Waals surface area contributed by atoms with Crippen molar-refractivity contribution in [1.29, 1.82) is 0 Å². The van der Waals surface area contributed by atoms with Gasteiger partial charge in [-0.25, -0.2) is 0 Å². The molecule has 0 spiro atoms. The third kappa shape index (κ3) is 2.68. The second kappa shape index (κ2) is 4.93. The van der Waals surface area contributed by atoms with Crippen LogP contribution in [0.1, 0.15) is 6.92 Å². The zero-order chi connectivity index (χ0) is 10.6. The molecule has 5 heteroatoms. The predicted molar refractivity (Wildman–Crippen MR) is 56.1 cm³/mol. The molecule has 14 heavy (non-hydrogen) atoms. The van der Waals surface area contributed by atoms with Gasteiger partial charge in [-0.15, -0.1) is 0 Å². The van der Waals surface area contributed by atoms with E-state index in [2.05, 4.69) is 10.3 Å². The smallest absolute Gasteiger partial charge is 0.228 e. The van der Waals surface area contributed by atoms with Crippen molar-refractivity contribution in [3.05, 3.63) is 23.5 Å². The van der Waals surface area contributed by atoms with Crippen molar-refractivity contribution in [3.8, 4) is 0 Å². The summed E-state index contributed by atoms with van der Waals surface area (Å²) in [6.45, 7) is 2.06. The highest BCUT2D eigenvalue weighted by molar-refractivity contribution is 6.33. The Kier molecular flexibility index (Phi) is 3.85. The second-order valence-electron chi connectivity index (χ2n) is 2.98. The van der Waals surface area contributed by atoms with Gasteiger partial charge >= 0.3 is 0 Å². The minimum Gasteiger partial charge on any atom is -0.330 e. The van der Waals surface area contributed by atoms with Gasteiger partial charge < -0.3 is 11.1 Å². The number of nitrogens with one attached hydrogen (secondary N) is 1. The highest BCUT2D eigenvalue weighted by Crippen LogP contribution is 2.19. The Morgan fingerprint density at radius 1 is 1.79 bits per heavy atom. The van der Waals surface area contributed by atoms with Crippen molar-refractivity contribution >= 4 is 23.2 Å². The lowest BCUT2D eigenvalue weighted by Crippen LogP contribution is -2.26. The maximum absolute atomic E-state index is 11.4. The van der Waals surface area contributed by atoms with Crippen LogP contribution >= 0.6 is 11.6 Å². The Labute approximate surface area is 87.5 Å². The molecule has 1 unspecified atom stereocenters. The first kappa shape index (κ1) is 10.9. The van der Waals surface area contributed by atoms with E-state index >= 15 is 0 Å². The van der Waals surface area contributed by atoms with E-state index in [9.17, 15) is 4.79 Å². The molecule has 0 aliphatic carbocycles. The van der Waals surface area contributed by atoms with E-state index in [0.29, 0.717) is 17.3 Å². The molecular formula is C9H12ClN3O. The molecule has 1 atom stereocenters. The lowest BCUT2D eigenvalue weighted by Gasteiger charge is -2.10. The van der Waals surface area contributed by atoms with Crippen LogP contribution in [0.2, 0.25) is 5.02 Å². The van der Waals surface area contributed by atoms with E-state index in [-0.39, 0.29) is 11.8 Å². The van der Waals surface area contributed by atoms with Crippen molar-refractivity contribution in [2.75, 3.05) is 11.9 Å². The number of nitrogens with two attached hydrogens (primary N) is 1. The van der Waals surface area contributed by atoms with Gasteiger partial charge in [0, 0.05) is 18.7 Å². The third-order valence-corrected chi connectivity index (χ3v) is 2.16. The van der Waals surface area contributed by atoms with E-state index in [1.807, 2.05) is 0 Å². The molecule has 0 saturated carbocycles. The van der Waals surface area contributed by atoms with Crippen LogP contribution in [0, 0.1) is 5.92 Å². The van der Waals surface area contributed by atoms with Crippen LogP contribution in [0.25, 0.3) is 0 Å². The first-order valence-corrected chi connectivity index (χ1v) is 4.63. The Hall–Kier alpha value is -1.13. The van der Waals surface area contributed by atoms with Crippen LogP contribution in [0.15, 0.2) is 18.5 Å². The highest BCUT2D eigenvalue weighted by Gasteiger charge is 2.11. The molecule has 0 bridgehead atoms. The summed E-state index contributed by atoms with van der Waals surface area (Å²) >= 11 is 5.83. The number of amides is 1. The normalized spacial score (nSPS) is 12.2. The predicted octanol–water partition coefficient (Wildman–Crippen LogP) is 1.27. The van der Waals surface area contributed by atoms with Gasteiger partial charge in [0.05, 0.1) is 16.9 Å². The molecule has 1 amide bonds. The highest BCUT2D eigenvalue weighted by atomic mass is 35.5. The maximum Gasteiger partial charge on any atom is 0.228 e. The SMILES string of the molecule is CC(CN)C(=O)Nc1cnccc1Cl. The first-order chi connectivity index (χ1) is 6.65. The quantitative estimate of drug-likeness (QED) is 0.795. The average molecular weight is 214 g/mol. The zero-order valence-corrected chi connectivity index (χ0v) is 8.58. The van der Waals surface area contributed by atoms with Crippen LogP contribution in [-0.4, -0.2) is 17.4 Å². The standard InChI is InChI=1S/C9H12ClN3O/c1-6(4-11)9(14)13-8-5-12-3-2-7(8)10/h2-3,5-6H,4,11H2,1H3,(H,13,14). The summed E-state index contributed by atoms with van der Waals surface area (Å²) in [4.78, 5) is 15.3. The largest absolute Gasteiger partial charge is 0.330 e. The summed E-state index contributed by atoms with van der Waals surface area (Å²) in [5, 5.41) is 3.12. The molecule has 1 rings (SSSR count). The van der Waals surface area contributed by atoms with Crippen LogP contribution in [0.3, 0.4) is 0 Å². The number of anilines is 1. The van der Waals surface area contributed by atoms with Crippen molar-refractivity contribution < 1.29 is 4.79 Å². The lowest BCUT2D eigenvalue weighted by molar-refractivity contribution is -0.119. The Morgan fingerprint density at radius 3 is 3.07 bits per heavy atom. The molecule has 0 radical (unpaired) electrons. The number of hydrogen-bond donors (Lipinski definition) is 2. The summed E-state index contributed by atoms with van der Waals surface area (Å²) in [7, 11) is 0. The van der Waals surface area contributed by atoms with E-state index in [4.69, 9.17) is 17.3 Å². The van der Waals surface area contributed by atoms with Crippen molar-refractivity contribution in [3.63, 3.8) is 0 Å². The van der Waals surface area contributed by atoms with Gasteiger partial charge in [0.1, 0.15) is 0 Å². The summed E-state index contributed by atoms with van der Waals surface area (Å²) in [5.41, 5.74) is 5.87. The van der Waals surface area contributed by atoms with E-state index in [1.54, 1.807) is 19.2 Å². The molecule has 0 aromatic carbocycles. The number of halogens is 1. The number of aromatic nitrogens is 1. The summed E-state index contributed by atoms with van der Waals surface area (Å²) in [5.74, 6) is -0.381. The first-order valence-electron chi connectivity index (χ1n) is 4.25. The lowest BCUT2D eigenvalue weighted by atomic mass is 10.1. The molecule has 76 valence electrons. The van der Waals surface area contributed by atoms with Crippen LogP contribution < -0.4 is 11.1 Å². The molecular weight excluding hydrogens is 202 g/mol. The van der Waals surface area contributed by atoms with Crippen molar-refractivity contribution in [2.45, 2.75) is 6.92 Å². The maximum atomic E-state index is 11.4. The molecule has 0 aliphatic heterocycles.